The molecule has 0 heterocycles. The number of carbonyl (C=O) groups is 1. The quantitative estimate of drug-likeness (QED) is 0.380. The zero-order valence-corrected chi connectivity index (χ0v) is 17.0. The largest absolute Gasteiger partial charge is 0.271 e. The standard InChI is InChI=1S/C26H28N2O/c1-2-3-9-22-14-16-23(17-15-22)20-27-28-26(29)25-13-8-7-12-24(25)19-18-21-10-5-4-6-11-21/h4-8,10-17,20H,2-3,9,18-19H2,1H3,(H,28,29). The normalized spacial score (nSPS) is 10.9. The molecule has 3 rings (SSSR count). The monoisotopic (exact) mass is 384 g/mol. The van der Waals surface area contributed by atoms with Gasteiger partial charge < -0.3 is 0 Å². The second-order valence-electron chi connectivity index (χ2n) is 7.19. The average molecular weight is 385 g/mol. The molecule has 3 heteroatoms. The molecule has 29 heavy (non-hydrogen) atoms. The zero-order valence-electron chi connectivity index (χ0n) is 17.0. The topological polar surface area (TPSA) is 41.5 Å². The fraction of sp³-hybridized carbons (Fsp3) is 0.231. The first-order valence-electron chi connectivity index (χ1n) is 10.3. The minimum atomic E-state index is -0.176. The van der Waals surface area contributed by atoms with Gasteiger partial charge in [0.1, 0.15) is 0 Å². The van der Waals surface area contributed by atoms with Gasteiger partial charge in [-0.2, -0.15) is 5.10 Å². The smallest absolute Gasteiger partial charge is 0.267 e. The van der Waals surface area contributed by atoms with Crippen molar-refractivity contribution in [3.63, 3.8) is 0 Å². The maximum absolute atomic E-state index is 12.6. The molecule has 0 aliphatic rings. The van der Waals surface area contributed by atoms with Gasteiger partial charge in [0, 0.05) is 5.56 Å². The van der Waals surface area contributed by atoms with Crippen LogP contribution < -0.4 is 5.43 Å². The van der Waals surface area contributed by atoms with Gasteiger partial charge in [-0.25, -0.2) is 5.43 Å². The Kier molecular flexibility index (Phi) is 7.76. The summed E-state index contributed by atoms with van der Waals surface area (Å²) in [5.41, 5.74) is 7.95. The van der Waals surface area contributed by atoms with Crippen LogP contribution in [0.4, 0.5) is 0 Å². The Balaban J connectivity index is 1.58. The Labute approximate surface area is 173 Å². The summed E-state index contributed by atoms with van der Waals surface area (Å²) in [5.74, 6) is -0.176. The predicted octanol–water partition coefficient (Wildman–Crippen LogP) is 5.58. The van der Waals surface area contributed by atoms with E-state index in [1.165, 1.54) is 24.0 Å². The maximum atomic E-state index is 12.6. The number of carbonyl (C=O) groups excluding carboxylic acids is 1. The third kappa shape index (κ3) is 6.42. The number of hydrogen-bond donors (Lipinski definition) is 1. The van der Waals surface area contributed by atoms with Gasteiger partial charge in [-0.3, -0.25) is 4.79 Å². The maximum Gasteiger partial charge on any atom is 0.271 e. The number of hydrogen-bond acceptors (Lipinski definition) is 2. The average Bonchev–Trinajstić information content (AvgIpc) is 2.78. The highest BCUT2D eigenvalue weighted by atomic mass is 16.2. The van der Waals surface area contributed by atoms with Crippen molar-refractivity contribution < 1.29 is 4.79 Å². The Bertz CT molecular complexity index is 930. The molecule has 1 N–H and O–H groups in total. The van der Waals surface area contributed by atoms with Crippen molar-refractivity contribution in [1.82, 2.24) is 5.43 Å². The minimum absolute atomic E-state index is 0.176. The van der Waals surface area contributed by atoms with Crippen LogP contribution in [0.1, 0.15) is 52.4 Å². The molecule has 0 spiro atoms. The minimum Gasteiger partial charge on any atom is -0.267 e. The van der Waals surface area contributed by atoms with Crippen LogP contribution in [0.2, 0.25) is 0 Å². The van der Waals surface area contributed by atoms with Gasteiger partial charge in [-0.15, -0.1) is 0 Å². The first kappa shape index (κ1) is 20.5. The van der Waals surface area contributed by atoms with E-state index in [0.29, 0.717) is 5.56 Å². The number of rotatable bonds is 9. The third-order valence-corrected chi connectivity index (χ3v) is 4.97. The summed E-state index contributed by atoms with van der Waals surface area (Å²) in [6, 6.07) is 26.4. The van der Waals surface area contributed by atoms with E-state index in [-0.39, 0.29) is 5.91 Å². The van der Waals surface area contributed by atoms with E-state index in [1.54, 1.807) is 6.21 Å². The highest BCUT2D eigenvalue weighted by Gasteiger charge is 2.10. The molecule has 1 amide bonds. The van der Waals surface area contributed by atoms with E-state index in [4.69, 9.17) is 0 Å². The van der Waals surface area contributed by atoms with Crippen LogP contribution in [0.25, 0.3) is 0 Å². The van der Waals surface area contributed by atoms with Crippen LogP contribution in [-0.2, 0) is 19.3 Å². The molecular formula is C26H28N2O. The van der Waals surface area contributed by atoms with E-state index in [0.717, 1.165) is 30.4 Å². The summed E-state index contributed by atoms with van der Waals surface area (Å²) < 4.78 is 0. The Hall–Kier alpha value is -3.20. The number of amides is 1. The molecule has 3 aromatic carbocycles. The van der Waals surface area contributed by atoms with E-state index in [2.05, 4.69) is 41.7 Å². The number of nitrogens with zero attached hydrogens (tertiary/aromatic N) is 1. The molecule has 0 atom stereocenters. The van der Waals surface area contributed by atoms with Crippen molar-refractivity contribution in [2.75, 3.05) is 0 Å². The van der Waals surface area contributed by atoms with Gasteiger partial charge in [-0.05, 0) is 54.0 Å². The molecule has 0 aromatic heterocycles. The summed E-state index contributed by atoms with van der Waals surface area (Å²) >= 11 is 0. The lowest BCUT2D eigenvalue weighted by molar-refractivity contribution is 0.0954. The molecule has 0 aliphatic carbocycles. The van der Waals surface area contributed by atoms with Crippen LogP contribution in [0.15, 0.2) is 84.0 Å². The Morgan fingerprint density at radius 3 is 2.28 bits per heavy atom. The molecule has 148 valence electrons. The van der Waals surface area contributed by atoms with Gasteiger partial charge in [0.2, 0.25) is 0 Å². The fourth-order valence-corrected chi connectivity index (χ4v) is 3.26. The van der Waals surface area contributed by atoms with Gasteiger partial charge in [-0.1, -0.05) is 86.1 Å². The number of nitrogens with one attached hydrogen (secondary N) is 1. The summed E-state index contributed by atoms with van der Waals surface area (Å²) in [5, 5.41) is 4.14. The van der Waals surface area contributed by atoms with Gasteiger partial charge >= 0.3 is 0 Å². The van der Waals surface area contributed by atoms with Crippen LogP contribution >= 0.6 is 0 Å². The van der Waals surface area contributed by atoms with Crippen molar-refractivity contribution in [1.29, 1.82) is 0 Å². The van der Waals surface area contributed by atoms with E-state index >= 15 is 0 Å². The van der Waals surface area contributed by atoms with Crippen LogP contribution in [-0.4, -0.2) is 12.1 Å². The third-order valence-electron chi connectivity index (χ3n) is 4.97. The van der Waals surface area contributed by atoms with Gasteiger partial charge in [0.15, 0.2) is 0 Å². The first-order chi connectivity index (χ1) is 14.3. The molecule has 0 fully saturated rings. The molecule has 3 aromatic rings. The van der Waals surface area contributed by atoms with E-state index in [1.807, 2.05) is 54.6 Å². The van der Waals surface area contributed by atoms with Gasteiger partial charge in [0.25, 0.3) is 5.91 Å². The highest BCUT2D eigenvalue weighted by Crippen LogP contribution is 2.13. The zero-order chi connectivity index (χ0) is 20.3. The lowest BCUT2D eigenvalue weighted by Gasteiger charge is -2.08. The molecule has 0 bridgehead atoms. The predicted molar refractivity (Wildman–Crippen MR) is 120 cm³/mol. The first-order valence-corrected chi connectivity index (χ1v) is 10.3. The molecule has 3 nitrogen and oxygen atoms in total. The van der Waals surface area contributed by atoms with Crippen molar-refractivity contribution >= 4 is 12.1 Å². The lowest BCUT2D eigenvalue weighted by Crippen LogP contribution is -2.19. The SMILES string of the molecule is CCCCc1ccc(C=NNC(=O)c2ccccc2CCc2ccccc2)cc1. The summed E-state index contributed by atoms with van der Waals surface area (Å²) in [6.07, 6.45) is 6.91. The Morgan fingerprint density at radius 1 is 0.828 bits per heavy atom. The molecule has 0 saturated carbocycles. The van der Waals surface area contributed by atoms with Crippen molar-refractivity contribution in [2.24, 2.45) is 5.10 Å². The number of benzene rings is 3. The summed E-state index contributed by atoms with van der Waals surface area (Å²) in [6.45, 7) is 2.20. The fourth-order valence-electron chi connectivity index (χ4n) is 3.26. The summed E-state index contributed by atoms with van der Waals surface area (Å²) in [7, 11) is 0. The molecule has 0 unspecified atom stereocenters. The van der Waals surface area contributed by atoms with Crippen molar-refractivity contribution in [3.05, 3.63) is 107 Å². The van der Waals surface area contributed by atoms with Crippen molar-refractivity contribution in [3.8, 4) is 0 Å². The number of unbranched alkanes of at least 4 members (excludes halogenated alkanes) is 1. The molecule has 0 saturated heterocycles. The molecular weight excluding hydrogens is 356 g/mol. The Morgan fingerprint density at radius 2 is 1.52 bits per heavy atom. The van der Waals surface area contributed by atoms with Crippen LogP contribution in [0.3, 0.4) is 0 Å². The summed E-state index contributed by atoms with van der Waals surface area (Å²) in [4.78, 5) is 12.6. The van der Waals surface area contributed by atoms with E-state index in [9.17, 15) is 4.79 Å². The lowest BCUT2D eigenvalue weighted by atomic mass is 9.99. The van der Waals surface area contributed by atoms with Crippen molar-refractivity contribution in [2.45, 2.75) is 39.0 Å². The highest BCUT2D eigenvalue weighted by molar-refractivity contribution is 5.96. The van der Waals surface area contributed by atoms with E-state index < -0.39 is 0 Å². The van der Waals surface area contributed by atoms with Crippen LogP contribution in [0.5, 0.6) is 0 Å². The second-order valence-corrected chi connectivity index (χ2v) is 7.19. The van der Waals surface area contributed by atoms with Crippen LogP contribution in [0, 0.1) is 0 Å². The van der Waals surface area contributed by atoms with Gasteiger partial charge in [0.05, 0.1) is 6.21 Å². The molecule has 0 aliphatic heterocycles. The second kappa shape index (κ2) is 11.0. The number of aryl methyl sites for hydroxylation is 3. The number of hydrazone groups is 1. The molecule has 0 radical (unpaired) electrons.